The van der Waals surface area contributed by atoms with E-state index in [-0.39, 0.29) is 0 Å². The Kier molecular flexibility index (Phi) is 3.82. The van der Waals surface area contributed by atoms with Gasteiger partial charge >= 0.3 is 0 Å². The summed E-state index contributed by atoms with van der Waals surface area (Å²) in [5.74, 6) is -1.66. The maximum Gasteiger partial charge on any atom is 0.240 e. The fourth-order valence-corrected chi connectivity index (χ4v) is 2.25. The number of carbonyl (C=O) groups excluding carboxylic acids is 2. The first kappa shape index (κ1) is 15.1. The van der Waals surface area contributed by atoms with Crippen molar-refractivity contribution in [1.29, 1.82) is 0 Å². The van der Waals surface area contributed by atoms with Crippen LogP contribution in [0.15, 0.2) is 48.5 Å². The lowest BCUT2D eigenvalue weighted by Crippen LogP contribution is -2.35. The molecule has 0 radical (unpaired) electrons. The third-order valence-corrected chi connectivity index (χ3v) is 3.82. The summed E-state index contributed by atoms with van der Waals surface area (Å²) in [5, 5.41) is 5.24. The maximum absolute atomic E-state index is 12.9. The number of rotatable bonds is 4. The average Bonchev–Trinajstić information content (AvgIpc) is 3.34. The van der Waals surface area contributed by atoms with Gasteiger partial charge in [0.15, 0.2) is 0 Å². The zero-order chi connectivity index (χ0) is 16.4. The van der Waals surface area contributed by atoms with E-state index in [1.165, 1.54) is 48.5 Å². The van der Waals surface area contributed by atoms with Gasteiger partial charge in [0, 0.05) is 11.4 Å². The van der Waals surface area contributed by atoms with Crippen LogP contribution in [0, 0.1) is 17.0 Å². The molecule has 1 aliphatic carbocycles. The molecule has 2 N–H and O–H groups in total. The van der Waals surface area contributed by atoms with Gasteiger partial charge in [-0.2, -0.15) is 0 Å². The van der Waals surface area contributed by atoms with E-state index in [4.69, 9.17) is 0 Å². The topological polar surface area (TPSA) is 58.2 Å². The van der Waals surface area contributed by atoms with E-state index in [0.717, 1.165) is 0 Å². The van der Waals surface area contributed by atoms with Gasteiger partial charge in [-0.05, 0) is 61.4 Å². The minimum absolute atomic E-state index is 0.404. The second kappa shape index (κ2) is 5.79. The van der Waals surface area contributed by atoms with Crippen LogP contribution in [-0.4, -0.2) is 11.8 Å². The Bertz CT molecular complexity index is 677. The van der Waals surface area contributed by atoms with Crippen molar-refractivity contribution >= 4 is 23.2 Å². The Morgan fingerprint density at radius 1 is 0.739 bits per heavy atom. The zero-order valence-corrected chi connectivity index (χ0v) is 12.1. The molecule has 0 atom stereocenters. The average molecular weight is 316 g/mol. The predicted octanol–water partition coefficient (Wildman–Crippen LogP) is 3.32. The van der Waals surface area contributed by atoms with Crippen molar-refractivity contribution in [3.8, 4) is 0 Å². The molecule has 1 aliphatic rings. The Balaban J connectivity index is 1.68. The molecular weight excluding hydrogens is 302 g/mol. The largest absolute Gasteiger partial charge is 0.325 e. The molecule has 2 aromatic carbocycles. The molecule has 0 heterocycles. The van der Waals surface area contributed by atoms with Crippen molar-refractivity contribution in [2.75, 3.05) is 10.6 Å². The maximum atomic E-state index is 12.9. The standard InChI is InChI=1S/C17H14F2N2O2/c18-11-1-5-13(6-2-11)20-15(22)17(9-10-17)16(23)21-14-7-3-12(19)4-8-14/h1-8H,9-10H2,(H,20,22)(H,21,23). The quantitative estimate of drug-likeness (QED) is 0.850. The normalized spacial score (nSPS) is 14.9. The first-order valence-electron chi connectivity index (χ1n) is 7.14. The minimum atomic E-state index is -1.12. The number of hydrogen-bond donors (Lipinski definition) is 2. The SMILES string of the molecule is O=C(Nc1ccc(F)cc1)C1(C(=O)Nc2ccc(F)cc2)CC1. The fourth-order valence-electron chi connectivity index (χ4n) is 2.25. The Hall–Kier alpha value is -2.76. The van der Waals surface area contributed by atoms with Crippen LogP contribution in [0.5, 0.6) is 0 Å². The molecule has 0 spiro atoms. The van der Waals surface area contributed by atoms with Crippen LogP contribution < -0.4 is 10.6 Å². The number of benzene rings is 2. The second-order valence-corrected chi connectivity index (χ2v) is 5.50. The van der Waals surface area contributed by atoms with E-state index in [0.29, 0.717) is 24.2 Å². The number of amides is 2. The molecular formula is C17H14F2N2O2. The third kappa shape index (κ3) is 3.21. The predicted molar refractivity (Wildman–Crippen MR) is 81.7 cm³/mol. The van der Waals surface area contributed by atoms with Crippen molar-refractivity contribution in [2.45, 2.75) is 12.8 Å². The Morgan fingerprint density at radius 3 is 1.39 bits per heavy atom. The summed E-state index contributed by atoms with van der Waals surface area (Å²) in [6.07, 6.45) is 0.875. The van der Waals surface area contributed by atoms with Crippen LogP contribution in [0.1, 0.15) is 12.8 Å². The number of halogens is 2. The van der Waals surface area contributed by atoms with Crippen molar-refractivity contribution in [2.24, 2.45) is 5.41 Å². The summed E-state index contributed by atoms with van der Waals surface area (Å²) in [5.41, 5.74) is -0.266. The van der Waals surface area contributed by atoms with Gasteiger partial charge in [-0.3, -0.25) is 9.59 Å². The highest BCUT2D eigenvalue weighted by atomic mass is 19.1. The van der Waals surface area contributed by atoms with Gasteiger partial charge < -0.3 is 10.6 Å². The number of nitrogens with one attached hydrogen (secondary N) is 2. The van der Waals surface area contributed by atoms with Crippen molar-refractivity contribution in [3.05, 3.63) is 60.2 Å². The molecule has 3 rings (SSSR count). The summed E-state index contributed by atoms with van der Waals surface area (Å²) in [6.45, 7) is 0. The van der Waals surface area contributed by atoms with E-state index in [2.05, 4.69) is 10.6 Å². The lowest BCUT2D eigenvalue weighted by atomic mass is 10.0. The first-order valence-corrected chi connectivity index (χ1v) is 7.14. The highest BCUT2D eigenvalue weighted by molar-refractivity contribution is 6.16. The molecule has 2 amide bonds. The molecule has 1 fully saturated rings. The molecule has 0 bridgehead atoms. The molecule has 6 heteroatoms. The summed E-state index contributed by atoms with van der Waals surface area (Å²) in [7, 11) is 0. The molecule has 1 saturated carbocycles. The molecule has 4 nitrogen and oxygen atoms in total. The fraction of sp³-hybridized carbons (Fsp3) is 0.176. The number of carbonyl (C=O) groups is 2. The molecule has 0 aliphatic heterocycles. The third-order valence-electron chi connectivity index (χ3n) is 3.82. The number of anilines is 2. The monoisotopic (exact) mass is 316 g/mol. The van der Waals surface area contributed by atoms with E-state index >= 15 is 0 Å². The van der Waals surface area contributed by atoms with Crippen LogP contribution >= 0.6 is 0 Å². The summed E-state index contributed by atoms with van der Waals surface area (Å²) in [4.78, 5) is 24.7. The van der Waals surface area contributed by atoms with Gasteiger partial charge in [-0.25, -0.2) is 8.78 Å². The highest BCUT2D eigenvalue weighted by Gasteiger charge is 2.56. The molecule has 0 saturated heterocycles. The Morgan fingerprint density at radius 2 is 1.09 bits per heavy atom. The molecule has 2 aromatic rings. The first-order chi connectivity index (χ1) is 11.0. The van der Waals surface area contributed by atoms with Crippen LogP contribution in [0.4, 0.5) is 20.2 Å². The summed E-state index contributed by atoms with van der Waals surface area (Å²) in [6, 6.07) is 10.6. The van der Waals surface area contributed by atoms with E-state index < -0.39 is 28.9 Å². The van der Waals surface area contributed by atoms with Gasteiger partial charge in [0.1, 0.15) is 17.0 Å². The van der Waals surface area contributed by atoms with E-state index in [1.54, 1.807) is 0 Å². The second-order valence-electron chi connectivity index (χ2n) is 5.50. The van der Waals surface area contributed by atoms with Gasteiger partial charge in [0.2, 0.25) is 11.8 Å². The van der Waals surface area contributed by atoms with Crippen LogP contribution in [0.3, 0.4) is 0 Å². The van der Waals surface area contributed by atoms with E-state index in [1.807, 2.05) is 0 Å². The van der Waals surface area contributed by atoms with Gasteiger partial charge in [-0.1, -0.05) is 0 Å². The van der Waals surface area contributed by atoms with Crippen molar-refractivity contribution in [3.63, 3.8) is 0 Å². The lowest BCUT2D eigenvalue weighted by Gasteiger charge is -2.15. The van der Waals surface area contributed by atoms with Gasteiger partial charge in [0.25, 0.3) is 0 Å². The smallest absolute Gasteiger partial charge is 0.240 e. The minimum Gasteiger partial charge on any atom is -0.325 e. The molecule has 118 valence electrons. The van der Waals surface area contributed by atoms with Crippen molar-refractivity contribution in [1.82, 2.24) is 0 Å². The van der Waals surface area contributed by atoms with Crippen LogP contribution in [0.25, 0.3) is 0 Å². The number of hydrogen-bond acceptors (Lipinski definition) is 2. The molecule has 0 unspecified atom stereocenters. The molecule has 0 aromatic heterocycles. The van der Waals surface area contributed by atoms with Crippen LogP contribution in [-0.2, 0) is 9.59 Å². The van der Waals surface area contributed by atoms with E-state index in [9.17, 15) is 18.4 Å². The highest BCUT2D eigenvalue weighted by Crippen LogP contribution is 2.47. The Labute approximate surface area is 131 Å². The zero-order valence-electron chi connectivity index (χ0n) is 12.1. The summed E-state index contributed by atoms with van der Waals surface area (Å²) >= 11 is 0. The molecule has 23 heavy (non-hydrogen) atoms. The van der Waals surface area contributed by atoms with Gasteiger partial charge in [-0.15, -0.1) is 0 Å². The lowest BCUT2D eigenvalue weighted by molar-refractivity contribution is -0.131. The summed E-state index contributed by atoms with van der Waals surface area (Å²) < 4.78 is 25.7. The van der Waals surface area contributed by atoms with Crippen LogP contribution in [0.2, 0.25) is 0 Å². The van der Waals surface area contributed by atoms with Gasteiger partial charge in [0.05, 0.1) is 0 Å². The van der Waals surface area contributed by atoms with Crippen molar-refractivity contribution < 1.29 is 18.4 Å².